The van der Waals surface area contributed by atoms with Gasteiger partial charge in [0.15, 0.2) is 0 Å². The number of rotatable bonds is 1. The summed E-state index contributed by atoms with van der Waals surface area (Å²) in [7, 11) is 0. The molecule has 3 aliphatic carbocycles. The molecule has 0 spiro atoms. The third-order valence-electron chi connectivity index (χ3n) is 5.32. The van der Waals surface area contributed by atoms with Crippen molar-refractivity contribution in [3.05, 3.63) is 53.7 Å². The van der Waals surface area contributed by atoms with Crippen LogP contribution in [-0.2, 0) is 26.5 Å². The van der Waals surface area contributed by atoms with Gasteiger partial charge in [0.2, 0.25) is 0 Å². The zero-order chi connectivity index (χ0) is 13.0. The van der Waals surface area contributed by atoms with Gasteiger partial charge in [0.25, 0.3) is 0 Å². The van der Waals surface area contributed by atoms with E-state index in [1.807, 2.05) is 18.2 Å². The molecule has 0 N–H and O–H groups in total. The normalized spacial score (nSPS) is 25.1. The van der Waals surface area contributed by atoms with Gasteiger partial charge in [0.1, 0.15) is 0 Å². The van der Waals surface area contributed by atoms with Gasteiger partial charge < -0.3 is 4.98 Å². The van der Waals surface area contributed by atoms with Crippen molar-refractivity contribution in [2.45, 2.75) is 32.6 Å². The van der Waals surface area contributed by atoms with Crippen molar-refractivity contribution < 1.29 is 20.1 Å². The molecule has 105 valence electrons. The summed E-state index contributed by atoms with van der Waals surface area (Å²) < 4.78 is 0. The molecule has 2 aromatic rings. The number of pyridine rings is 1. The minimum Gasteiger partial charge on any atom is -0.304 e. The molecule has 2 bridgehead atoms. The molecule has 1 aromatic heterocycles. The van der Waals surface area contributed by atoms with Crippen molar-refractivity contribution in [3.63, 3.8) is 0 Å². The number of benzene rings is 1. The molecule has 20 heavy (non-hydrogen) atoms. The van der Waals surface area contributed by atoms with E-state index in [1.165, 1.54) is 24.0 Å². The first-order valence-corrected chi connectivity index (χ1v) is 7.12. The molecule has 1 radical (unpaired) electrons. The van der Waals surface area contributed by atoms with E-state index in [0.717, 1.165) is 23.1 Å². The molecule has 1 fully saturated rings. The van der Waals surface area contributed by atoms with Crippen LogP contribution in [0.4, 0.5) is 0 Å². The van der Waals surface area contributed by atoms with E-state index in [1.54, 1.807) is 0 Å². The van der Waals surface area contributed by atoms with Gasteiger partial charge in [-0.05, 0) is 46.9 Å². The van der Waals surface area contributed by atoms with Gasteiger partial charge in [-0.25, -0.2) is 0 Å². The summed E-state index contributed by atoms with van der Waals surface area (Å²) in [6.07, 6.45) is 4.70. The first kappa shape index (κ1) is 14.0. The summed E-state index contributed by atoms with van der Waals surface area (Å²) in [4.78, 5) is 4.67. The number of hydrogen-bond donors (Lipinski definition) is 0. The fourth-order valence-electron chi connectivity index (χ4n) is 3.85. The fraction of sp³-hybridized carbons (Fsp3) is 0.389. The molecule has 0 amide bonds. The smallest absolute Gasteiger partial charge is 0.0198 e. The third-order valence-corrected chi connectivity index (χ3v) is 5.32. The van der Waals surface area contributed by atoms with Crippen LogP contribution in [0.3, 0.4) is 0 Å². The van der Waals surface area contributed by atoms with Gasteiger partial charge >= 0.3 is 0 Å². The topological polar surface area (TPSA) is 12.9 Å². The molecule has 1 nitrogen and oxygen atoms in total. The summed E-state index contributed by atoms with van der Waals surface area (Å²) in [6.45, 7) is 4.82. The first-order chi connectivity index (χ1) is 9.16. The van der Waals surface area contributed by atoms with E-state index in [9.17, 15) is 0 Å². The summed E-state index contributed by atoms with van der Waals surface area (Å²) in [5.74, 6) is 1.59. The molecule has 1 aromatic carbocycles. The van der Waals surface area contributed by atoms with Crippen molar-refractivity contribution in [1.82, 2.24) is 4.98 Å². The van der Waals surface area contributed by atoms with Crippen molar-refractivity contribution >= 4 is 0 Å². The maximum absolute atomic E-state index is 4.67. The van der Waals surface area contributed by atoms with Crippen LogP contribution in [0.15, 0.2) is 36.5 Å². The largest absolute Gasteiger partial charge is 0.304 e. The zero-order valence-corrected chi connectivity index (χ0v) is 14.2. The van der Waals surface area contributed by atoms with Gasteiger partial charge in [-0.2, -0.15) is 0 Å². The predicted octanol–water partition coefficient (Wildman–Crippen LogP) is 4.23. The van der Waals surface area contributed by atoms with Gasteiger partial charge in [-0.1, -0.05) is 19.9 Å². The van der Waals surface area contributed by atoms with Crippen LogP contribution in [0, 0.1) is 17.4 Å². The SMILES string of the molecule is CC1(C)[C@@H]2Cc3cc(-c4[c-]cccc4)ncc3[C@H]1C2.[Ir]. The van der Waals surface area contributed by atoms with E-state index in [2.05, 4.69) is 43.2 Å². The van der Waals surface area contributed by atoms with Gasteiger partial charge in [0, 0.05) is 26.3 Å². The van der Waals surface area contributed by atoms with Gasteiger partial charge in [-0.15, -0.1) is 35.9 Å². The van der Waals surface area contributed by atoms with Crippen LogP contribution in [0.5, 0.6) is 0 Å². The summed E-state index contributed by atoms with van der Waals surface area (Å²) in [5, 5.41) is 0. The number of hydrogen-bond acceptors (Lipinski definition) is 1. The Morgan fingerprint density at radius 3 is 2.85 bits per heavy atom. The Morgan fingerprint density at radius 1 is 1.30 bits per heavy atom. The molecular weight excluding hydrogens is 422 g/mol. The fourth-order valence-corrected chi connectivity index (χ4v) is 3.85. The average Bonchev–Trinajstić information content (AvgIpc) is 2.46. The first-order valence-electron chi connectivity index (χ1n) is 7.12. The minimum absolute atomic E-state index is 0. The van der Waals surface area contributed by atoms with E-state index in [4.69, 9.17) is 0 Å². The van der Waals surface area contributed by atoms with Crippen LogP contribution in [0.25, 0.3) is 11.3 Å². The Labute approximate surface area is 134 Å². The average molecular weight is 441 g/mol. The standard InChI is InChI=1S/C18H18N.Ir/c1-18(2)14-8-13-9-17(12-6-4-3-5-7-12)19-11-15(13)16(18)10-14;/h3-6,9,11,14,16H,8,10H2,1-2H3;/q-1;/t14-,16-;/m1./s1. The van der Waals surface area contributed by atoms with E-state index in [-0.39, 0.29) is 20.1 Å². The minimum atomic E-state index is 0. The van der Waals surface area contributed by atoms with Gasteiger partial charge in [0.05, 0.1) is 0 Å². The molecular formula is C18H18IrN-. The second-order valence-electron chi connectivity index (χ2n) is 6.56. The van der Waals surface area contributed by atoms with Crippen molar-refractivity contribution in [3.8, 4) is 11.3 Å². The molecule has 1 saturated carbocycles. The van der Waals surface area contributed by atoms with Crippen LogP contribution in [0.2, 0.25) is 0 Å². The molecule has 0 aliphatic heterocycles. The Bertz CT molecular complexity index is 633. The second kappa shape index (κ2) is 4.79. The van der Waals surface area contributed by atoms with Crippen molar-refractivity contribution in [2.75, 3.05) is 0 Å². The number of nitrogens with zero attached hydrogens (tertiary/aromatic N) is 1. The van der Waals surface area contributed by atoms with Crippen LogP contribution < -0.4 is 0 Å². The van der Waals surface area contributed by atoms with E-state index >= 15 is 0 Å². The molecule has 0 saturated heterocycles. The van der Waals surface area contributed by atoms with E-state index < -0.39 is 0 Å². The Kier molecular flexibility index (Phi) is 3.35. The maximum atomic E-state index is 4.67. The molecule has 3 aliphatic rings. The number of aromatic nitrogens is 1. The Morgan fingerprint density at radius 2 is 2.15 bits per heavy atom. The Hall–Kier alpha value is -0.981. The van der Waals surface area contributed by atoms with E-state index in [0.29, 0.717) is 5.41 Å². The van der Waals surface area contributed by atoms with Crippen LogP contribution in [0.1, 0.15) is 37.3 Å². The molecule has 2 heteroatoms. The monoisotopic (exact) mass is 441 g/mol. The van der Waals surface area contributed by atoms with Crippen LogP contribution >= 0.6 is 0 Å². The maximum Gasteiger partial charge on any atom is 0.0198 e. The second-order valence-corrected chi connectivity index (χ2v) is 6.56. The summed E-state index contributed by atoms with van der Waals surface area (Å²) in [5.41, 5.74) is 5.66. The predicted molar refractivity (Wildman–Crippen MR) is 76.8 cm³/mol. The van der Waals surface area contributed by atoms with Gasteiger partial charge in [-0.3, -0.25) is 0 Å². The van der Waals surface area contributed by atoms with Crippen molar-refractivity contribution in [2.24, 2.45) is 11.3 Å². The quantitative estimate of drug-likeness (QED) is 0.605. The molecule has 2 atom stereocenters. The molecule has 1 heterocycles. The van der Waals surface area contributed by atoms with Crippen molar-refractivity contribution in [1.29, 1.82) is 0 Å². The molecule has 5 rings (SSSR count). The summed E-state index contributed by atoms with van der Waals surface area (Å²) >= 11 is 0. The Balaban J connectivity index is 0.00000121. The third kappa shape index (κ3) is 1.89. The zero-order valence-electron chi connectivity index (χ0n) is 11.8. The van der Waals surface area contributed by atoms with Crippen LogP contribution in [-0.4, -0.2) is 4.98 Å². The summed E-state index contributed by atoms with van der Waals surface area (Å²) in [6, 6.07) is 13.6. The molecule has 0 unspecified atom stereocenters.